The van der Waals surface area contributed by atoms with Gasteiger partial charge in [-0.25, -0.2) is 18.0 Å². The molecule has 1 fully saturated rings. The Hall–Kier alpha value is -2.69. The summed E-state index contributed by atoms with van der Waals surface area (Å²) in [6.07, 6.45) is -3.12. The van der Waals surface area contributed by atoms with Crippen molar-refractivity contribution in [2.24, 2.45) is 0 Å². The van der Waals surface area contributed by atoms with Crippen LogP contribution in [-0.4, -0.2) is 69.3 Å². The Balaban J connectivity index is 1.43. The summed E-state index contributed by atoms with van der Waals surface area (Å²) in [6, 6.07) is 5.37. The fourth-order valence-electron chi connectivity index (χ4n) is 2.86. The highest BCUT2D eigenvalue weighted by molar-refractivity contribution is 7.92. The minimum absolute atomic E-state index is 0.192. The van der Waals surface area contributed by atoms with Crippen LogP contribution in [0, 0.1) is 0 Å². The molecular weight excluding hydrogens is 406 g/mol. The molecule has 1 aromatic carbocycles. The summed E-state index contributed by atoms with van der Waals surface area (Å²) >= 11 is 0. The maximum Gasteiger partial charge on any atom is 0.511 e. The summed E-state index contributed by atoms with van der Waals surface area (Å²) in [4.78, 5) is 25.3. The zero-order valence-corrected chi connectivity index (χ0v) is 17.1. The molecule has 2 unspecified atom stereocenters. The summed E-state index contributed by atoms with van der Waals surface area (Å²) in [7, 11) is -1.54. The monoisotopic (exact) mass is 429 g/mol. The van der Waals surface area contributed by atoms with Gasteiger partial charge < -0.3 is 28.6 Å². The van der Waals surface area contributed by atoms with Gasteiger partial charge in [-0.05, 0) is 31.0 Å². The van der Waals surface area contributed by atoms with Gasteiger partial charge in [-0.1, -0.05) is 6.07 Å². The van der Waals surface area contributed by atoms with Crippen LogP contribution in [-0.2, 0) is 30.5 Å². The Bertz CT molecular complexity index is 873. The van der Waals surface area contributed by atoms with Gasteiger partial charge in [0, 0.05) is 20.0 Å². The number of nitrogens with zero attached hydrogens (tertiary/aromatic N) is 1. The Morgan fingerprint density at radius 3 is 2.55 bits per heavy atom. The lowest BCUT2D eigenvalue weighted by molar-refractivity contribution is -0.0882. The molecular formula is C18H23NO9S. The van der Waals surface area contributed by atoms with E-state index in [1.165, 1.54) is 11.8 Å². The van der Waals surface area contributed by atoms with Crippen molar-refractivity contribution in [3.8, 4) is 11.5 Å². The van der Waals surface area contributed by atoms with Gasteiger partial charge in [0.1, 0.15) is 6.10 Å². The third-order valence-electron chi connectivity index (χ3n) is 4.59. The van der Waals surface area contributed by atoms with Gasteiger partial charge in [-0.2, -0.15) is 0 Å². The van der Waals surface area contributed by atoms with Crippen LogP contribution in [0.15, 0.2) is 18.2 Å². The third-order valence-corrected chi connectivity index (χ3v) is 6.35. The molecule has 1 aromatic rings. The van der Waals surface area contributed by atoms with E-state index in [4.69, 9.17) is 23.7 Å². The van der Waals surface area contributed by atoms with Crippen LogP contribution in [0.2, 0.25) is 0 Å². The zero-order chi connectivity index (χ0) is 21.2. The number of rotatable bonds is 6. The first-order valence-corrected chi connectivity index (χ1v) is 10.8. The molecule has 3 rings (SSSR count). The molecule has 10 nitrogen and oxygen atoms in total. The Kier molecular flexibility index (Phi) is 6.06. The van der Waals surface area contributed by atoms with Crippen molar-refractivity contribution in [2.75, 3.05) is 25.3 Å². The lowest BCUT2D eigenvalue weighted by atomic mass is 10.1. The maximum atomic E-state index is 12.3. The topological polar surface area (TPSA) is 118 Å². The molecule has 1 amide bonds. The minimum Gasteiger partial charge on any atom is -0.454 e. The summed E-state index contributed by atoms with van der Waals surface area (Å²) in [6.45, 7) is 3.41. The Labute approximate surface area is 168 Å². The van der Waals surface area contributed by atoms with Crippen LogP contribution < -0.4 is 9.47 Å². The number of sulfone groups is 1. The molecule has 1 saturated heterocycles. The highest BCUT2D eigenvalue weighted by atomic mass is 32.2. The second-order valence-corrected chi connectivity index (χ2v) is 9.14. The van der Waals surface area contributed by atoms with Crippen LogP contribution in [0.25, 0.3) is 0 Å². The Morgan fingerprint density at radius 1 is 1.17 bits per heavy atom. The first kappa shape index (κ1) is 21.0. The lowest BCUT2D eigenvalue weighted by Crippen LogP contribution is -2.45. The second kappa shape index (κ2) is 8.36. The number of hydrogen-bond donors (Lipinski definition) is 0. The van der Waals surface area contributed by atoms with Crippen LogP contribution in [0.5, 0.6) is 11.5 Å². The molecule has 0 saturated carbocycles. The Morgan fingerprint density at radius 2 is 1.86 bits per heavy atom. The van der Waals surface area contributed by atoms with E-state index in [0.29, 0.717) is 17.9 Å². The highest BCUT2D eigenvalue weighted by Crippen LogP contribution is 2.33. The smallest absolute Gasteiger partial charge is 0.454 e. The fraction of sp³-hybridized carbons (Fsp3) is 0.556. The van der Waals surface area contributed by atoms with Crippen molar-refractivity contribution < 1.29 is 41.7 Å². The molecule has 0 bridgehead atoms. The van der Waals surface area contributed by atoms with Crippen LogP contribution in [0.3, 0.4) is 0 Å². The number of benzene rings is 1. The van der Waals surface area contributed by atoms with Gasteiger partial charge in [0.2, 0.25) is 13.1 Å². The molecule has 2 heterocycles. The first-order chi connectivity index (χ1) is 13.6. The van der Waals surface area contributed by atoms with Gasteiger partial charge in [-0.3, -0.25) is 0 Å². The van der Waals surface area contributed by atoms with E-state index in [1.54, 1.807) is 7.05 Å². The molecule has 0 N–H and O–H groups in total. The maximum absolute atomic E-state index is 12.3. The van der Waals surface area contributed by atoms with Gasteiger partial charge in [0.05, 0.1) is 11.5 Å². The number of likely N-dealkylation sites (N-methyl/N-ethyl adjacent to an activating group) is 1. The summed E-state index contributed by atoms with van der Waals surface area (Å²) in [5, 5.41) is 0. The van der Waals surface area contributed by atoms with Crippen LogP contribution >= 0.6 is 0 Å². The van der Waals surface area contributed by atoms with Crippen molar-refractivity contribution in [1.82, 2.24) is 4.90 Å². The van der Waals surface area contributed by atoms with E-state index in [-0.39, 0.29) is 24.3 Å². The molecule has 2 aliphatic heterocycles. The van der Waals surface area contributed by atoms with Crippen LogP contribution in [0.4, 0.5) is 9.59 Å². The molecule has 11 heteroatoms. The predicted octanol–water partition coefficient (Wildman–Crippen LogP) is 1.71. The van der Waals surface area contributed by atoms with Crippen molar-refractivity contribution in [1.29, 1.82) is 0 Å². The largest absolute Gasteiger partial charge is 0.511 e. The van der Waals surface area contributed by atoms with Crippen molar-refractivity contribution in [3.63, 3.8) is 0 Å². The predicted molar refractivity (Wildman–Crippen MR) is 99.4 cm³/mol. The quantitative estimate of drug-likeness (QED) is 0.492. The number of carbonyl (C=O) groups is 2. The normalized spacial score (nSPS) is 18.9. The van der Waals surface area contributed by atoms with Gasteiger partial charge in [0.25, 0.3) is 0 Å². The van der Waals surface area contributed by atoms with E-state index in [2.05, 4.69) is 0 Å². The average molecular weight is 429 g/mol. The summed E-state index contributed by atoms with van der Waals surface area (Å²) in [5.74, 6) is 0.901. The fourth-order valence-corrected chi connectivity index (χ4v) is 4.03. The first-order valence-electron chi connectivity index (χ1n) is 9.02. The highest BCUT2D eigenvalue weighted by Gasteiger charge is 2.37. The van der Waals surface area contributed by atoms with E-state index in [0.717, 1.165) is 5.56 Å². The number of hydrogen-bond acceptors (Lipinski definition) is 9. The number of fused-ring (bicyclic) bond motifs is 1. The average Bonchev–Trinajstić information content (AvgIpc) is 3.06. The molecule has 0 aromatic heterocycles. The molecule has 0 radical (unpaired) electrons. The van der Waals surface area contributed by atoms with E-state index in [1.807, 2.05) is 25.1 Å². The van der Waals surface area contributed by atoms with E-state index < -0.39 is 34.5 Å². The summed E-state index contributed by atoms with van der Waals surface area (Å²) < 4.78 is 47.5. The van der Waals surface area contributed by atoms with Crippen molar-refractivity contribution >= 4 is 22.1 Å². The number of carbonyl (C=O) groups excluding carboxylic acids is 2. The van der Waals surface area contributed by atoms with Gasteiger partial charge in [0.15, 0.2) is 21.3 Å². The van der Waals surface area contributed by atoms with Gasteiger partial charge >= 0.3 is 12.2 Å². The third kappa shape index (κ3) is 5.43. The molecule has 29 heavy (non-hydrogen) atoms. The number of amides is 1. The second-order valence-electron chi connectivity index (χ2n) is 6.99. The number of ether oxygens (including phenoxy) is 5. The minimum atomic E-state index is -3.11. The SMILES string of the molecule is CC(OC(=O)OC1CS(=O)(=O)C1)OC(=O)N(C)C(C)Cc1ccc2c(c1)OCO2. The van der Waals surface area contributed by atoms with Gasteiger partial charge in [-0.15, -0.1) is 0 Å². The van der Waals surface area contributed by atoms with Crippen molar-refractivity contribution in [3.05, 3.63) is 23.8 Å². The molecule has 0 spiro atoms. The zero-order valence-electron chi connectivity index (χ0n) is 16.3. The standard InChI is InChI=1S/C18H23NO9S/c1-11(6-13-4-5-15-16(7-13)25-10-24-15)19(3)17(20)26-12(2)27-18(21)28-14-8-29(22,23)9-14/h4-5,7,11-12,14H,6,8-10H2,1-3H3. The van der Waals surface area contributed by atoms with Crippen LogP contribution in [0.1, 0.15) is 19.4 Å². The lowest BCUT2D eigenvalue weighted by Gasteiger charge is -2.27. The van der Waals surface area contributed by atoms with E-state index in [9.17, 15) is 18.0 Å². The molecule has 160 valence electrons. The van der Waals surface area contributed by atoms with Crippen molar-refractivity contribution in [2.45, 2.75) is 38.7 Å². The van der Waals surface area contributed by atoms with E-state index >= 15 is 0 Å². The molecule has 0 aliphatic carbocycles. The molecule has 2 aliphatic rings. The summed E-state index contributed by atoms with van der Waals surface area (Å²) in [5.41, 5.74) is 0.963. The molecule has 2 atom stereocenters.